The van der Waals surface area contributed by atoms with Crippen molar-refractivity contribution >= 4 is 55.9 Å². The van der Waals surface area contributed by atoms with E-state index in [0.717, 1.165) is 14.5 Å². The van der Waals surface area contributed by atoms with Crippen LogP contribution in [0.5, 0.6) is 0 Å². The lowest BCUT2D eigenvalue weighted by molar-refractivity contribution is -0.131. The minimum absolute atomic E-state index is 0.119. The molecule has 1 saturated heterocycles. The van der Waals surface area contributed by atoms with Crippen LogP contribution in [0, 0.1) is 6.92 Å². The normalized spacial score (nSPS) is 24.7. The summed E-state index contributed by atoms with van der Waals surface area (Å²) < 4.78 is 54.0. The van der Waals surface area contributed by atoms with Gasteiger partial charge in [0.25, 0.3) is 15.7 Å². The van der Waals surface area contributed by atoms with E-state index in [1.165, 1.54) is 18.0 Å². The Labute approximate surface area is 296 Å². The zero-order valence-corrected chi connectivity index (χ0v) is 34.2. The van der Waals surface area contributed by atoms with E-state index in [-0.39, 0.29) is 52.8 Å². The zero-order valence-electron chi connectivity index (χ0n) is 29.9. The van der Waals surface area contributed by atoms with Crippen LogP contribution in [0.15, 0.2) is 26.9 Å². The molecule has 274 valence electrons. The van der Waals surface area contributed by atoms with Gasteiger partial charge in [0.1, 0.15) is 18.8 Å². The van der Waals surface area contributed by atoms with E-state index in [9.17, 15) is 22.8 Å². The molecule has 0 radical (unpaired) electrons. The highest BCUT2D eigenvalue weighted by molar-refractivity contribution is 7.90. The van der Waals surface area contributed by atoms with Crippen molar-refractivity contribution in [3.8, 4) is 0 Å². The Bertz CT molecular complexity index is 1630. The van der Waals surface area contributed by atoms with Gasteiger partial charge in [-0.05, 0) is 43.2 Å². The fraction of sp³-hybridized carbons (Fsp3) is 0.767. The molecule has 2 aliphatic heterocycles. The van der Waals surface area contributed by atoms with Crippen LogP contribution in [0.2, 0.25) is 36.3 Å². The van der Waals surface area contributed by atoms with E-state index in [2.05, 4.69) is 20.8 Å². The van der Waals surface area contributed by atoms with Gasteiger partial charge in [0.2, 0.25) is 5.91 Å². The number of ether oxygens (including phenoxy) is 1. The van der Waals surface area contributed by atoms with Crippen LogP contribution in [-0.4, -0.2) is 94.3 Å². The monoisotopic (exact) mass is 770 g/mol. The molecule has 18 heteroatoms. The number of hydrogen-bond acceptors (Lipinski definition) is 10. The molecule has 1 spiro atoms. The average Bonchev–Trinajstić information content (AvgIpc) is 3.36. The summed E-state index contributed by atoms with van der Waals surface area (Å²) in [6.07, 6.45) is -2.43. The highest BCUT2D eigenvalue weighted by Gasteiger charge is 2.67. The number of aryl methyl sites for hydroxylation is 1. The molecule has 13 nitrogen and oxygen atoms in total. The van der Waals surface area contributed by atoms with Gasteiger partial charge in [0.05, 0.1) is 17.7 Å². The highest BCUT2D eigenvalue weighted by Crippen LogP contribution is 2.52. The summed E-state index contributed by atoms with van der Waals surface area (Å²) in [5, 5.41) is 0.275. The first-order valence-corrected chi connectivity index (χ1v) is 24.2. The van der Waals surface area contributed by atoms with Crippen LogP contribution in [-0.2, 0) is 39.2 Å². The van der Waals surface area contributed by atoms with Gasteiger partial charge in [-0.2, -0.15) is 8.42 Å². The Hall–Kier alpha value is -1.51. The molecule has 3 heterocycles. The van der Waals surface area contributed by atoms with Crippen LogP contribution in [0.1, 0.15) is 53.3 Å². The molecule has 48 heavy (non-hydrogen) atoms. The molecule has 2 N–H and O–H groups in total. The summed E-state index contributed by atoms with van der Waals surface area (Å²) in [4.78, 5) is 42.2. The first-order valence-electron chi connectivity index (χ1n) is 15.9. The molecule has 0 aliphatic carbocycles. The van der Waals surface area contributed by atoms with Crippen molar-refractivity contribution < 1.29 is 31.0 Å². The molecule has 0 aromatic carbocycles. The molecule has 1 aromatic rings. The third-order valence-corrected chi connectivity index (χ3v) is 20.4. The Morgan fingerprint density at radius 1 is 1.04 bits per heavy atom. The second kappa shape index (κ2) is 14.3. The minimum atomic E-state index is -4.29. The molecule has 0 bridgehead atoms. The minimum Gasteiger partial charge on any atom is -0.414 e. The molecule has 0 saturated carbocycles. The fourth-order valence-corrected chi connectivity index (χ4v) is 9.01. The second-order valence-electron chi connectivity index (χ2n) is 15.5. The molecule has 2 aliphatic rings. The maximum absolute atomic E-state index is 14.2. The molecular formula is C30H52Cl2N4O9SSi2. The number of alkyl halides is 2. The van der Waals surface area contributed by atoms with Crippen LogP contribution >= 0.6 is 23.2 Å². The average molecular weight is 772 g/mol. The summed E-state index contributed by atoms with van der Waals surface area (Å²) in [6, 6.07) is 0. The van der Waals surface area contributed by atoms with Crippen molar-refractivity contribution in [2.45, 2.75) is 115 Å². The van der Waals surface area contributed by atoms with Crippen molar-refractivity contribution in [3.05, 3.63) is 43.7 Å². The summed E-state index contributed by atoms with van der Waals surface area (Å²) in [5.41, 5.74) is 3.10. The number of nitrogens with two attached hydrogens (primary N) is 1. The number of carbonyl (C=O) groups excluding carboxylic acids is 1. The Morgan fingerprint density at radius 2 is 1.58 bits per heavy atom. The highest BCUT2D eigenvalue weighted by atomic mass is 35.5. The third-order valence-electron chi connectivity index (χ3n) is 10.1. The SMILES string of the molecule is Cc1cn(C2OC(CO[Si](C)(C)C(C)(C)C)C3(OS(=O)(=O)C=C3N)C2O[Si](C)(C)C(C)(C)C)c(=O)n(CC(=O)N(CCCl)CCCl)c1=O. The Morgan fingerprint density at radius 3 is 2.04 bits per heavy atom. The number of aromatic nitrogens is 2. The summed E-state index contributed by atoms with van der Waals surface area (Å²) in [5.74, 6) is -0.254. The van der Waals surface area contributed by atoms with E-state index in [0.29, 0.717) is 0 Å². The Kier molecular flexibility index (Phi) is 12.1. The lowest BCUT2D eigenvalue weighted by Gasteiger charge is -2.43. The van der Waals surface area contributed by atoms with Gasteiger partial charge in [0, 0.05) is 36.6 Å². The van der Waals surface area contributed by atoms with E-state index < -0.39 is 74.5 Å². The van der Waals surface area contributed by atoms with Crippen molar-refractivity contribution in [2.24, 2.45) is 5.73 Å². The van der Waals surface area contributed by atoms with Gasteiger partial charge >= 0.3 is 5.69 Å². The van der Waals surface area contributed by atoms with Gasteiger partial charge in [-0.1, -0.05) is 41.5 Å². The van der Waals surface area contributed by atoms with Gasteiger partial charge in [-0.25, -0.2) is 8.98 Å². The summed E-state index contributed by atoms with van der Waals surface area (Å²) in [6.45, 7) is 21.4. The lowest BCUT2D eigenvalue weighted by atomic mass is 9.89. The molecular weight excluding hydrogens is 719 g/mol. The largest absolute Gasteiger partial charge is 0.414 e. The summed E-state index contributed by atoms with van der Waals surface area (Å²) in [7, 11) is -9.51. The van der Waals surface area contributed by atoms with Crippen molar-refractivity contribution in [2.75, 3.05) is 31.5 Å². The van der Waals surface area contributed by atoms with Gasteiger partial charge in [-0.3, -0.25) is 18.7 Å². The number of nitrogens with zero attached hydrogens (tertiary/aromatic N) is 3. The molecule has 4 atom stereocenters. The van der Waals surface area contributed by atoms with Gasteiger partial charge in [0.15, 0.2) is 28.5 Å². The number of amides is 1. The molecule has 3 rings (SSSR count). The maximum Gasteiger partial charge on any atom is 0.333 e. The first-order chi connectivity index (χ1) is 21.8. The van der Waals surface area contributed by atoms with E-state index in [1.54, 1.807) is 0 Å². The van der Waals surface area contributed by atoms with Crippen LogP contribution < -0.4 is 17.0 Å². The van der Waals surface area contributed by atoms with E-state index >= 15 is 0 Å². The first kappa shape index (κ1) is 40.9. The number of hydrogen-bond donors (Lipinski definition) is 1. The van der Waals surface area contributed by atoms with Gasteiger partial charge < -0.3 is 24.2 Å². The molecule has 1 aromatic heterocycles. The topological polar surface area (TPSA) is 161 Å². The third kappa shape index (κ3) is 8.01. The number of rotatable bonds is 12. The second-order valence-corrected chi connectivity index (χ2v) is 27.2. The standard InChI is InChI=1S/C30H52Cl2N4O9SSi2/c1-20-16-36(27(39)35(25(20)38)17-23(37)34(14-12-31)15-13-32)26-24(44-48(10,11)29(5,6)7)30(21(33)19-46(40,41)45-30)22(43-26)18-42-47(8,9)28(2,3)4/h16,19,22,24,26H,12-15,17-18,33H2,1-11H3. The predicted octanol–water partition coefficient (Wildman–Crippen LogP) is 3.83. The number of halogens is 2. The van der Waals surface area contributed by atoms with Crippen molar-refractivity contribution in [1.29, 1.82) is 0 Å². The quantitative estimate of drug-likeness (QED) is 0.188. The van der Waals surface area contributed by atoms with Crippen molar-refractivity contribution in [1.82, 2.24) is 14.0 Å². The van der Waals surface area contributed by atoms with E-state index in [4.69, 9.17) is 46.7 Å². The molecule has 1 amide bonds. The fourth-order valence-electron chi connectivity index (χ4n) is 5.09. The van der Waals surface area contributed by atoms with Crippen LogP contribution in [0.4, 0.5) is 0 Å². The zero-order chi connectivity index (χ0) is 36.8. The predicted molar refractivity (Wildman–Crippen MR) is 192 cm³/mol. The Balaban J connectivity index is 2.28. The van der Waals surface area contributed by atoms with Crippen molar-refractivity contribution in [3.63, 3.8) is 0 Å². The van der Waals surface area contributed by atoms with Crippen LogP contribution in [0.25, 0.3) is 0 Å². The van der Waals surface area contributed by atoms with E-state index in [1.807, 2.05) is 47.0 Å². The smallest absolute Gasteiger partial charge is 0.333 e. The molecule has 1 fully saturated rings. The number of carbonyl (C=O) groups is 1. The van der Waals surface area contributed by atoms with Crippen LogP contribution in [0.3, 0.4) is 0 Å². The van der Waals surface area contributed by atoms with Gasteiger partial charge in [-0.15, -0.1) is 23.2 Å². The molecule has 4 unspecified atom stereocenters. The maximum atomic E-state index is 14.2. The lowest BCUT2D eigenvalue weighted by Crippen LogP contribution is -2.59. The summed E-state index contributed by atoms with van der Waals surface area (Å²) >= 11 is 11.8.